The average molecular weight is 388 g/mol. The molecule has 27 heavy (non-hydrogen) atoms. The minimum atomic E-state index is -3.51. The van der Waals surface area contributed by atoms with Crippen LogP contribution in [0.25, 0.3) is 0 Å². The summed E-state index contributed by atoms with van der Waals surface area (Å²) in [5.74, 6) is -0.576. The second kappa shape index (κ2) is 8.23. The lowest BCUT2D eigenvalue weighted by molar-refractivity contribution is 0.0600. The van der Waals surface area contributed by atoms with Gasteiger partial charge in [0.2, 0.25) is 10.0 Å². The van der Waals surface area contributed by atoms with Crippen molar-refractivity contribution in [3.63, 3.8) is 0 Å². The Morgan fingerprint density at radius 3 is 2.41 bits per heavy atom. The first-order valence-electron chi connectivity index (χ1n) is 9.17. The standard InChI is InChI=1S/C21H25NO4S/c1-15(19-12-11-17-5-3-4-6-20(17)13-19)22-27(24,25)14-16-7-9-18(10-8-16)21(23)26-2/h7-13,15,22H,3-6,14H2,1-2H3. The maximum absolute atomic E-state index is 12.5. The second-order valence-electron chi connectivity index (χ2n) is 7.02. The van der Waals surface area contributed by atoms with Crippen LogP contribution in [0.15, 0.2) is 42.5 Å². The molecule has 0 radical (unpaired) electrons. The van der Waals surface area contributed by atoms with E-state index in [1.807, 2.05) is 13.0 Å². The summed E-state index contributed by atoms with van der Waals surface area (Å²) in [4.78, 5) is 11.5. The van der Waals surface area contributed by atoms with Crippen molar-refractivity contribution in [2.24, 2.45) is 0 Å². The third kappa shape index (κ3) is 4.96. The van der Waals surface area contributed by atoms with Crippen LogP contribution in [0.2, 0.25) is 0 Å². The largest absolute Gasteiger partial charge is 0.465 e. The molecule has 0 saturated carbocycles. The fourth-order valence-corrected chi connectivity index (χ4v) is 4.87. The van der Waals surface area contributed by atoms with E-state index in [0.29, 0.717) is 11.1 Å². The van der Waals surface area contributed by atoms with Gasteiger partial charge in [-0.15, -0.1) is 0 Å². The van der Waals surface area contributed by atoms with Crippen LogP contribution < -0.4 is 4.72 Å². The van der Waals surface area contributed by atoms with Gasteiger partial charge >= 0.3 is 5.97 Å². The highest BCUT2D eigenvalue weighted by Crippen LogP contribution is 2.25. The number of esters is 1. The molecule has 0 heterocycles. The maximum atomic E-state index is 12.5. The highest BCUT2D eigenvalue weighted by molar-refractivity contribution is 7.88. The van der Waals surface area contributed by atoms with Crippen LogP contribution in [0.4, 0.5) is 0 Å². The summed E-state index contributed by atoms with van der Waals surface area (Å²) in [6.07, 6.45) is 4.59. The Hall–Kier alpha value is -2.18. The normalized spacial score (nSPS) is 15.0. The summed E-state index contributed by atoms with van der Waals surface area (Å²) in [5.41, 5.74) is 4.72. The van der Waals surface area contributed by atoms with Gasteiger partial charge in [-0.3, -0.25) is 0 Å². The first-order chi connectivity index (χ1) is 12.9. The van der Waals surface area contributed by atoms with Crippen molar-refractivity contribution in [2.45, 2.75) is 44.4 Å². The van der Waals surface area contributed by atoms with Crippen molar-refractivity contribution >= 4 is 16.0 Å². The van der Waals surface area contributed by atoms with Crippen LogP contribution >= 0.6 is 0 Å². The van der Waals surface area contributed by atoms with E-state index in [9.17, 15) is 13.2 Å². The van der Waals surface area contributed by atoms with E-state index in [2.05, 4.69) is 21.6 Å². The van der Waals surface area contributed by atoms with Crippen LogP contribution in [-0.2, 0) is 33.4 Å². The van der Waals surface area contributed by atoms with E-state index >= 15 is 0 Å². The Kier molecular flexibility index (Phi) is 5.97. The summed E-state index contributed by atoms with van der Waals surface area (Å²) in [6, 6.07) is 12.4. The molecule has 0 aliphatic heterocycles. The number of benzene rings is 2. The zero-order chi connectivity index (χ0) is 19.4. The second-order valence-corrected chi connectivity index (χ2v) is 8.78. The van der Waals surface area contributed by atoms with E-state index < -0.39 is 16.0 Å². The summed E-state index contributed by atoms with van der Waals surface area (Å²) in [6.45, 7) is 1.86. The molecule has 1 aliphatic rings. The molecule has 2 aromatic carbocycles. The van der Waals surface area contributed by atoms with Gasteiger partial charge < -0.3 is 4.74 Å². The Balaban J connectivity index is 1.67. The number of carbonyl (C=O) groups excluding carboxylic acids is 1. The number of hydrogen-bond donors (Lipinski definition) is 1. The predicted molar refractivity (Wildman–Crippen MR) is 105 cm³/mol. The van der Waals surface area contributed by atoms with Crippen LogP contribution in [0.1, 0.15) is 58.4 Å². The number of nitrogens with one attached hydrogen (secondary N) is 1. The number of fused-ring (bicyclic) bond motifs is 1. The summed E-state index contributed by atoms with van der Waals surface area (Å²) in [5, 5.41) is 0. The molecule has 0 bridgehead atoms. The van der Waals surface area contributed by atoms with Crippen molar-refractivity contribution < 1.29 is 17.9 Å². The zero-order valence-corrected chi connectivity index (χ0v) is 16.5. The molecule has 0 amide bonds. The third-order valence-electron chi connectivity index (χ3n) is 4.96. The molecule has 3 rings (SSSR count). The van der Waals surface area contributed by atoms with E-state index in [1.165, 1.54) is 31.1 Å². The summed E-state index contributed by atoms with van der Waals surface area (Å²) >= 11 is 0. The van der Waals surface area contributed by atoms with E-state index in [0.717, 1.165) is 18.4 Å². The molecule has 1 N–H and O–H groups in total. The van der Waals surface area contributed by atoms with Gasteiger partial charge in [0.1, 0.15) is 0 Å². The lowest BCUT2D eigenvalue weighted by atomic mass is 9.89. The Bertz CT molecular complexity index is 920. The average Bonchev–Trinajstić information content (AvgIpc) is 2.66. The van der Waals surface area contributed by atoms with E-state index in [-0.39, 0.29) is 11.8 Å². The number of methoxy groups -OCH3 is 1. The lowest BCUT2D eigenvalue weighted by Gasteiger charge is -2.20. The van der Waals surface area contributed by atoms with Gasteiger partial charge in [-0.25, -0.2) is 17.9 Å². The van der Waals surface area contributed by atoms with Gasteiger partial charge in [0, 0.05) is 6.04 Å². The molecule has 5 nitrogen and oxygen atoms in total. The van der Waals surface area contributed by atoms with Crippen molar-refractivity contribution in [3.8, 4) is 0 Å². The molecule has 1 aliphatic carbocycles. The molecule has 0 saturated heterocycles. The Morgan fingerprint density at radius 2 is 1.74 bits per heavy atom. The van der Waals surface area contributed by atoms with Gasteiger partial charge in [0.05, 0.1) is 18.4 Å². The van der Waals surface area contributed by atoms with Crippen LogP contribution in [0.3, 0.4) is 0 Å². The molecule has 0 fully saturated rings. The van der Waals surface area contributed by atoms with Crippen molar-refractivity contribution in [1.82, 2.24) is 4.72 Å². The summed E-state index contributed by atoms with van der Waals surface area (Å²) < 4.78 is 32.5. The first-order valence-corrected chi connectivity index (χ1v) is 10.8. The van der Waals surface area contributed by atoms with Gasteiger partial charge in [-0.2, -0.15) is 0 Å². The lowest BCUT2D eigenvalue weighted by Crippen LogP contribution is -2.28. The van der Waals surface area contributed by atoms with Crippen LogP contribution in [-0.4, -0.2) is 21.5 Å². The van der Waals surface area contributed by atoms with Gasteiger partial charge in [0.15, 0.2) is 0 Å². The number of carbonyl (C=O) groups is 1. The van der Waals surface area contributed by atoms with Gasteiger partial charge in [-0.1, -0.05) is 30.3 Å². The minimum absolute atomic E-state index is 0.135. The molecule has 1 unspecified atom stereocenters. The third-order valence-corrected chi connectivity index (χ3v) is 6.39. The van der Waals surface area contributed by atoms with Crippen LogP contribution in [0, 0.1) is 0 Å². The van der Waals surface area contributed by atoms with Crippen LogP contribution in [0.5, 0.6) is 0 Å². The van der Waals surface area contributed by atoms with Crippen molar-refractivity contribution in [2.75, 3.05) is 7.11 Å². The number of sulfonamides is 1. The van der Waals surface area contributed by atoms with Crippen molar-refractivity contribution in [3.05, 3.63) is 70.3 Å². The molecule has 144 valence electrons. The minimum Gasteiger partial charge on any atom is -0.465 e. The topological polar surface area (TPSA) is 72.5 Å². The fourth-order valence-electron chi connectivity index (χ4n) is 3.48. The Morgan fingerprint density at radius 1 is 1.07 bits per heavy atom. The SMILES string of the molecule is COC(=O)c1ccc(CS(=O)(=O)NC(C)c2ccc3c(c2)CCCC3)cc1. The molecule has 2 aromatic rings. The molecule has 0 spiro atoms. The van der Waals surface area contributed by atoms with E-state index in [4.69, 9.17) is 0 Å². The maximum Gasteiger partial charge on any atom is 0.337 e. The highest BCUT2D eigenvalue weighted by Gasteiger charge is 2.18. The summed E-state index contributed by atoms with van der Waals surface area (Å²) in [7, 11) is -2.20. The number of hydrogen-bond acceptors (Lipinski definition) is 4. The zero-order valence-electron chi connectivity index (χ0n) is 15.7. The molecule has 1 atom stereocenters. The predicted octanol–water partition coefficient (Wildman–Crippen LogP) is 3.53. The molecular formula is C21H25NO4S. The highest BCUT2D eigenvalue weighted by atomic mass is 32.2. The smallest absolute Gasteiger partial charge is 0.337 e. The number of rotatable bonds is 6. The number of ether oxygens (including phenoxy) is 1. The first kappa shape index (κ1) is 19.6. The van der Waals surface area contributed by atoms with Gasteiger partial charge in [0.25, 0.3) is 0 Å². The van der Waals surface area contributed by atoms with E-state index in [1.54, 1.807) is 24.3 Å². The monoisotopic (exact) mass is 387 g/mol. The quantitative estimate of drug-likeness (QED) is 0.770. The molecule has 0 aromatic heterocycles. The molecular weight excluding hydrogens is 362 g/mol. The molecule has 6 heteroatoms. The van der Waals surface area contributed by atoms with Gasteiger partial charge in [-0.05, 0) is 67.0 Å². The fraction of sp³-hybridized carbons (Fsp3) is 0.381. The Labute approximate surface area is 160 Å². The number of aryl methyl sites for hydroxylation is 2. The van der Waals surface area contributed by atoms with Crippen molar-refractivity contribution in [1.29, 1.82) is 0 Å².